The lowest BCUT2D eigenvalue weighted by molar-refractivity contribution is -0.137. The number of hydrogen-bond acceptors (Lipinski definition) is 5. The van der Waals surface area contributed by atoms with E-state index in [0.29, 0.717) is 16.9 Å². The SMILES string of the molecule is COc1cn(-c2cccc(C(F)(F)F)c2)nc1C(=O)Nc1cccc(C(=O)NCc2ccccn2)c1. The minimum Gasteiger partial charge on any atom is -0.493 e. The van der Waals surface area contributed by atoms with Crippen LogP contribution in [0.1, 0.15) is 32.1 Å². The highest BCUT2D eigenvalue weighted by Gasteiger charge is 2.30. The number of amides is 2. The molecule has 0 aliphatic heterocycles. The molecular formula is C25H20F3N5O3. The van der Waals surface area contributed by atoms with E-state index in [0.717, 1.165) is 16.8 Å². The molecule has 4 rings (SSSR count). The summed E-state index contributed by atoms with van der Waals surface area (Å²) in [5.74, 6) is -0.957. The van der Waals surface area contributed by atoms with Crippen molar-refractivity contribution >= 4 is 17.5 Å². The Balaban J connectivity index is 1.50. The first kappa shape index (κ1) is 24.5. The number of methoxy groups -OCH3 is 1. The predicted molar refractivity (Wildman–Crippen MR) is 125 cm³/mol. The number of nitrogens with one attached hydrogen (secondary N) is 2. The van der Waals surface area contributed by atoms with Crippen LogP contribution in [0.25, 0.3) is 5.69 Å². The summed E-state index contributed by atoms with van der Waals surface area (Å²) in [6, 6.07) is 16.2. The number of anilines is 1. The van der Waals surface area contributed by atoms with Crippen LogP contribution in [0.3, 0.4) is 0 Å². The number of carbonyl (C=O) groups excluding carboxylic acids is 2. The van der Waals surface area contributed by atoms with Gasteiger partial charge in [0.05, 0.1) is 36.8 Å². The Labute approximate surface area is 203 Å². The Hall–Kier alpha value is -4.67. The van der Waals surface area contributed by atoms with Gasteiger partial charge in [0.25, 0.3) is 11.8 Å². The molecule has 2 heterocycles. The Kier molecular flexibility index (Phi) is 7.00. The molecule has 0 saturated carbocycles. The molecule has 2 amide bonds. The van der Waals surface area contributed by atoms with Crippen molar-refractivity contribution in [3.05, 3.63) is 102 Å². The lowest BCUT2D eigenvalue weighted by Crippen LogP contribution is -2.23. The van der Waals surface area contributed by atoms with Crippen LogP contribution in [0.15, 0.2) is 79.1 Å². The highest BCUT2D eigenvalue weighted by molar-refractivity contribution is 6.05. The molecule has 0 spiro atoms. The van der Waals surface area contributed by atoms with E-state index < -0.39 is 17.6 Å². The molecule has 0 atom stereocenters. The first-order chi connectivity index (χ1) is 17.2. The normalized spacial score (nSPS) is 11.1. The van der Waals surface area contributed by atoms with Gasteiger partial charge in [-0.2, -0.15) is 18.3 Å². The van der Waals surface area contributed by atoms with Crippen molar-refractivity contribution < 1.29 is 27.5 Å². The molecule has 36 heavy (non-hydrogen) atoms. The van der Waals surface area contributed by atoms with Gasteiger partial charge >= 0.3 is 6.18 Å². The topological polar surface area (TPSA) is 98.1 Å². The summed E-state index contributed by atoms with van der Waals surface area (Å²) >= 11 is 0. The number of halogens is 3. The standard InChI is InChI=1S/C25H20F3N5O3/c1-36-21-15-33(20-10-5-7-17(13-20)25(26,27)28)32-22(21)24(35)31-18-9-4-6-16(12-18)23(34)30-14-19-8-2-3-11-29-19/h2-13,15H,14H2,1H3,(H,30,34)(H,31,35). The molecule has 184 valence electrons. The molecule has 2 aromatic heterocycles. The summed E-state index contributed by atoms with van der Waals surface area (Å²) in [7, 11) is 1.32. The van der Waals surface area contributed by atoms with E-state index in [1.165, 1.54) is 31.5 Å². The molecule has 0 fully saturated rings. The van der Waals surface area contributed by atoms with Gasteiger partial charge in [-0.1, -0.05) is 18.2 Å². The van der Waals surface area contributed by atoms with Crippen molar-refractivity contribution in [2.24, 2.45) is 0 Å². The Morgan fingerprint density at radius 3 is 2.53 bits per heavy atom. The highest BCUT2D eigenvalue weighted by atomic mass is 19.4. The van der Waals surface area contributed by atoms with E-state index >= 15 is 0 Å². The molecular weight excluding hydrogens is 475 g/mol. The van der Waals surface area contributed by atoms with Crippen LogP contribution in [-0.4, -0.2) is 33.7 Å². The van der Waals surface area contributed by atoms with Crippen LogP contribution in [0, 0.1) is 0 Å². The first-order valence-electron chi connectivity index (χ1n) is 10.7. The van der Waals surface area contributed by atoms with E-state index in [2.05, 4.69) is 20.7 Å². The number of hydrogen-bond donors (Lipinski definition) is 2. The molecule has 0 aliphatic rings. The summed E-state index contributed by atoms with van der Waals surface area (Å²) in [5.41, 5.74) is 0.442. The largest absolute Gasteiger partial charge is 0.493 e. The van der Waals surface area contributed by atoms with Crippen molar-refractivity contribution in [1.29, 1.82) is 0 Å². The summed E-state index contributed by atoms with van der Waals surface area (Å²) in [5, 5.41) is 9.50. The highest BCUT2D eigenvalue weighted by Crippen LogP contribution is 2.31. The van der Waals surface area contributed by atoms with Crippen molar-refractivity contribution in [1.82, 2.24) is 20.1 Å². The number of ether oxygens (including phenoxy) is 1. The quantitative estimate of drug-likeness (QED) is 0.394. The average molecular weight is 495 g/mol. The molecule has 0 bridgehead atoms. The van der Waals surface area contributed by atoms with E-state index in [1.54, 1.807) is 36.5 Å². The maximum absolute atomic E-state index is 13.1. The zero-order valence-corrected chi connectivity index (χ0v) is 18.9. The van der Waals surface area contributed by atoms with Crippen molar-refractivity contribution in [3.8, 4) is 11.4 Å². The molecule has 8 nitrogen and oxygen atoms in total. The number of rotatable bonds is 7. The minimum absolute atomic E-state index is 0.0640. The fraction of sp³-hybridized carbons (Fsp3) is 0.120. The van der Waals surface area contributed by atoms with Crippen LogP contribution >= 0.6 is 0 Å². The molecule has 2 N–H and O–H groups in total. The third-order valence-corrected chi connectivity index (χ3v) is 5.09. The summed E-state index contributed by atoms with van der Waals surface area (Å²) in [6.45, 7) is 0.237. The van der Waals surface area contributed by atoms with Crippen LogP contribution < -0.4 is 15.4 Å². The monoisotopic (exact) mass is 495 g/mol. The lowest BCUT2D eigenvalue weighted by atomic mass is 10.2. The van der Waals surface area contributed by atoms with Gasteiger partial charge in [-0.05, 0) is 48.5 Å². The zero-order valence-electron chi connectivity index (χ0n) is 18.9. The Morgan fingerprint density at radius 1 is 1.00 bits per heavy atom. The second-order valence-corrected chi connectivity index (χ2v) is 7.58. The van der Waals surface area contributed by atoms with Gasteiger partial charge in [-0.3, -0.25) is 14.6 Å². The molecule has 11 heteroatoms. The van der Waals surface area contributed by atoms with Crippen molar-refractivity contribution in [2.75, 3.05) is 12.4 Å². The first-order valence-corrected chi connectivity index (χ1v) is 10.7. The van der Waals surface area contributed by atoms with Gasteiger partial charge in [0.2, 0.25) is 0 Å². The number of benzene rings is 2. The van der Waals surface area contributed by atoms with Crippen LogP contribution in [0.2, 0.25) is 0 Å². The smallest absolute Gasteiger partial charge is 0.416 e. The molecule has 0 saturated heterocycles. The van der Waals surface area contributed by atoms with Gasteiger partial charge in [0.15, 0.2) is 11.4 Å². The van der Waals surface area contributed by atoms with Crippen molar-refractivity contribution in [3.63, 3.8) is 0 Å². The van der Waals surface area contributed by atoms with E-state index in [4.69, 9.17) is 4.74 Å². The van der Waals surface area contributed by atoms with Crippen LogP contribution in [-0.2, 0) is 12.7 Å². The number of aromatic nitrogens is 3. The fourth-order valence-corrected chi connectivity index (χ4v) is 3.33. The zero-order chi connectivity index (χ0) is 25.7. The number of pyridine rings is 1. The summed E-state index contributed by atoms with van der Waals surface area (Å²) in [6.07, 6.45) is -1.59. The number of carbonyl (C=O) groups is 2. The maximum atomic E-state index is 13.1. The Bertz CT molecular complexity index is 1390. The van der Waals surface area contributed by atoms with Gasteiger partial charge < -0.3 is 15.4 Å². The van der Waals surface area contributed by atoms with Gasteiger partial charge in [0, 0.05) is 17.4 Å². The Morgan fingerprint density at radius 2 is 1.81 bits per heavy atom. The fourth-order valence-electron chi connectivity index (χ4n) is 3.33. The molecule has 4 aromatic rings. The lowest BCUT2D eigenvalue weighted by Gasteiger charge is -2.09. The van der Waals surface area contributed by atoms with E-state index in [9.17, 15) is 22.8 Å². The molecule has 0 aliphatic carbocycles. The molecule has 2 aromatic carbocycles. The number of nitrogens with zero attached hydrogens (tertiary/aromatic N) is 3. The van der Waals surface area contributed by atoms with Gasteiger partial charge in [-0.25, -0.2) is 4.68 Å². The van der Waals surface area contributed by atoms with Gasteiger partial charge in [0.1, 0.15) is 0 Å². The minimum atomic E-state index is -4.53. The average Bonchev–Trinajstić information content (AvgIpc) is 3.32. The molecule has 0 unspecified atom stereocenters. The third-order valence-electron chi connectivity index (χ3n) is 5.09. The summed E-state index contributed by atoms with van der Waals surface area (Å²) < 4.78 is 45.6. The van der Waals surface area contributed by atoms with Crippen molar-refractivity contribution in [2.45, 2.75) is 12.7 Å². The third kappa shape index (κ3) is 5.69. The second kappa shape index (κ2) is 10.3. The number of alkyl halides is 3. The predicted octanol–water partition coefficient (Wildman–Crippen LogP) is 4.48. The van der Waals surface area contributed by atoms with Crippen LogP contribution in [0.5, 0.6) is 5.75 Å². The summed E-state index contributed by atoms with van der Waals surface area (Å²) in [4.78, 5) is 29.6. The molecule has 0 radical (unpaired) electrons. The van der Waals surface area contributed by atoms with E-state index in [1.807, 2.05) is 6.07 Å². The second-order valence-electron chi connectivity index (χ2n) is 7.58. The maximum Gasteiger partial charge on any atom is 0.416 e. The van der Waals surface area contributed by atoms with Crippen LogP contribution in [0.4, 0.5) is 18.9 Å². The van der Waals surface area contributed by atoms with E-state index in [-0.39, 0.29) is 29.6 Å². The van der Waals surface area contributed by atoms with Gasteiger partial charge in [-0.15, -0.1) is 0 Å².